The second-order valence-electron chi connectivity index (χ2n) is 5.80. The Kier molecular flexibility index (Phi) is 5.77. The number of benzene rings is 3. The van der Waals surface area contributed by atoms with E-state index in [1.54, 1.807) is 12.1 Å². The van der Waals surface area contributed by atoms with Gasteiger partial charge in [-0.3, -0.25) is 4.79 Å². The Labute approximate surface area is 157 Å². The molecule has 0 aliphatic rings. The summed E-state index contributed by atoms with van der Waals surface area (Å²) >= 11 is 5.92. The Hall–Kier alpha value is -2.98. The summed E-state index contributed by atoms with van der Waals surface area (Å²) in [5.41, 5.74) is 2.52. The molecule has 0 spiro atoms. The number of carbonyl (C=O) groups excluding carboxylic acids is 1. The van der Waals surface area contributed by atoms with Gasteiger partial charge in [0, 0.05) is 16.4 Å². The van der Waals surface area contributed by atoms with Gasteiger partial charge in [-0.2, -0.15) is 0 Å². The minimum absolute atomic E-state index is 0.125. The van der Waals surface area contributed by atoms with Crippen molar-refractivity contribution in [1.82, 2.24) is 0 Å². The van der Waals surface area contributed by atoms with Crippen LogP contribution in [-0.4, -0.2) is 12.5 Å². The Bertz CT molecular complexity index is 880. The standard InChI is InChI=1S/C21H19ClN2O2/c1-15-13-16(22)7-12-20(15)24-21(25)14-23-17-8-10-19(11-9-17)26-18-5-3-2-4-6-18/h2-13,23H,14H2,1H3,(H,24,25). The van der Waals surface area contributed by atoms with Crippen molar-refractivity contribution in [2.75, 3.05) is 17.2 Å². The zero-order chi connectivity index (χ0) is 18.4. The molecule has 3 aromatic rings. The number of anilines is 2. The summed E-state index contributed by atoms with van der Waals surface area (Å²) in [4.78, 5) is 12.1. The smallest absolute Gasteiger partial charge is 0.243 e. The highest BCUT2D eigenvalue weighted by Gasteiger charge is 2.05. The lowest BCUT2D eigenvalue weighted by Gasteiger charge is -2.11. The Balaban J connectivity index is 1.52. The minimum atomic E-state index is -0.125. The van der Waals surface area contributed by atoms with Gasteiger partial charge in [-0.25, -0.2) is 0 Å². The van der Waals surface area contributed by atoms with E-state index in [2.05, 4.69) is 10.6 Å². The monoisotopic (exact) mass is 366 g/mol. The van der Waals surface area contributed by atoms with Crippen LogP contribution in [0.5, 0.6) is 11.5 Å². The number of para-hydroxylation sites is 1. The second-order valence-corrected chi connectivity index (χ2v) is 6.24. The van der Waals surface area contributed by atoms with Gasteiger partial charge in [0.2, 0.25) is 5.91 Å². The number of rotatable bonds is 6. The molecule has 0 fully saturated rings. The molecule has 0 heterocycles. The molecule has 0 aromatic heterocycles. The Morgan fingerprint density at radius 3 is 2.35 bits per heavy atom. The molecule has 5 heteroatoms. The molecule has 0 unspecified atom stereocenters. The van der Waals surface area contributed by atoms with Gasteiger partial charge in [0.15, 0.2) is 0 Å². The maximum absolute atomic E-state index is 12.1. The SMILES string of the molecule is Cc1cc(Cl)ccc1NC(=O)CNc1ccc(Oc2ccccc2)cc1. The summed E-state index contributed by atoms with van der Waals surface area (Å²) in [6.45, 7) is 2.07. The van der Waals surface area contributed by atoms with Crippen LogP contribution in [0.15, 0.2) is 72.8 Å². The zero-order valence-electron chi connectivity index (χ0n) is 14.3. The largest absolute Gasteiger partial charge is 0.457 e. The quantitative estimate of drug-likeness (QED) is 0.606. The molecule has 0 aliphatic carbocycles. The molecule has 132 valence electrons. The molecule has 0 saturated heterocycles. The van der Waals surface area contributed by atoms with Crippen molar-refractivity contribution in [3.63, 3.8) is 0 Å². The van der Waals surface area contributed by atoms with E-state index in [4.69, 9.17) is 16.3 Å². The van der Waals surface area contributed by atoms with Gasteiger partial charge in [-0.1, -0.05) is 29.8 Å². The van der Waals surface area contributed by atoms with E-state index < -0.39 is 0 Å². The van der Waals surface area contributed by atoms with Gasteiger partial charge in [-0.05, 0) is 67.1 Å². The van der Waals surface area contributed by atoms with Crippen molar-refractivity contribution in [2.45, 2.75) is 6.92 Å². The molecule has 0 atom stereocenters. The minimum Gasteiger partial charge on any atom is -0.457 e. The lowest BCUT2D eigenvalue weighted by Crippen LogP contribution is -2.22. The second kappa shape index (κ2) is 8.41. The van der Waals surface area contributed by atoms with Crippen LogP contribution in [0, 0.1) is 6.92 Å². The fourth-order valence-corrected chi connectivity index (χ4v) is 2.64. The third kappa shape index (κ3) is 5.01. The van der Waals surface area contributed by atoms with Crippen molar-refractivity contribution in [3.8, 4) is 11.5 Å². The fourth-order valence-electron chi connectivity index (χ4n) is 2.41. The first-order chi connectivity index (χ1) is 12.6. The van der Waals surface area contributed by atoms with E-state index in [-0.39, 0.29) is 12.5 Å². The molecule has 3 aromatic carbocycles. The topological polar surface area (TPSA) is 50.4 Å². The zero-order valence-corrected chi connectivity index (χ0v) is 15.1. The van der Waals surface area contributed by atoms with E-state index >= 15 is 0 Å². The average Bonchev–Trinajstić information content (AvgIpc) is 2.64. The number of amides is 1. The summed E-state index contributed by atoms with van der Waals surface area (Å²) in [6.07, 6.45) is 0. The highest BCUT2D eigenvalue weighted by atomic mass is 35.5. The Morgan fingerprint density at radius 2 is 1.65 bits per heavy atom. The van der Waals surface area contributed by atoms with Crippen LogP contribution in [0.1, 0.15) is 5.56 Å². The summed E-state index contributed by atoms with van der Waals surface area (Å²) in [6, 6.07) is 22.4. The first-order valence-electron chi connectivity index (χ1n) is 8.23. The lowest BCUT2D eigenvalue weighted by molar-refractivity contribution is -0.114. The van der Waals surface area contributed by atoms with Crippen LogP contribution in [-0.2, 0) is 4.79 Å². The van der Waals surface area contributed by atoms with E-state index in [9.17, 15) is 4.79 Å². The molecular formula is C21H19ClN2O2. The first-order valence-corrected chi connectivity index (χ1v) is 8.61. The van der Waals surface area contributed by atoms with E-state index in [1.807, 2.05) is 67.6 Å². The number of halogens is 1. The number of nitrogens with one attached hydrogen (secondary N) is 2. The number of aryl methyl sites for hydroxylation is 1. The summed E-state index contributed by atoms with van der Waals surface area (Å²) in [5, 5.41) is 6.61. The van der Waals surface area contributed by atoms with Crippen LogP contribution in [0.25, 0.3) is 0 Å². The van der Waals surface area contributed by atoms with Gasteiger partial charge in [-0.15, -0.1) is 0 Å². The number of hydrogen-bond donors (Lipinski definition) is 2. The van der Waals surface area contributed by atoms with Crippen molar-refractivity contribution < 1.29 is 9.53 Å². The molecule has 0 aliphatic heterocycles. The van der Waals surface area contributed by atoms with Crippen LogP contribution in [0.4, 0.5) is 11.4 Å². The highest BCUT2D eigenvalue weighted by molar-refractivity contribution is 6.30. The predicted octanol–water partition coefficient (Wildman–Crippen LogP) is 5.49. The van der Waals surface area contributed by atoms with Gasteiger partial charge in [0.05, 0.1) is 6.54 Å². The van der Waals surface area contributed by atoms with Crippen molar-refractivity contribution >= 4 is 28.9 Å². The van der Waals surface area contributed by atoms with Crippen LogP contribution in [0.2, 0.25) is 5.02 Å². The molecule has 4 nitrogen and oxygen atoms in total. The molecule has 0 bridgehead atoms. The highest BCUT2D eigenvalue weighted by Crippen LogP contribution is 2.23. The number of hydrogen-bond acceptors (Lipinski definition) is 3. The summed E-state index contributed by atoms with van der Waals surface area (Å²) in [7, 11) is 0. The maximum Gasteiger partial charge on any atom is 0.243 e. The summed E-state index contributed by atoms with van der Waals surface area (Å²) in [5.74, 6) is 1.40. The maximum atomic E-state index is 12.1. The van der Waals surface area contributed by atoms with E-state index in [1.165, 1.54) is 0 Å². The van der Waals surface area contributed by atoms with Crippen molar-refractivity contribution in [1.29, 1.82) is 0 Å². The molecule has 26 heavy (non-hydrogen) atoms. The van der Waals surface area contributed by atoms with Crippen LogP contribution < -0.4 is 15.4 Å². The third-order valence-corrected chi connectivity index (χ3v) is 3.98. The predicted molar refractivity (Wildman–Crippen MR) is 106 cm³/mol. The molecule has 1 amide bonds. The van der Waals surface area contributed by atoms with Gasteiger partial charge >= 0.3 is 0 Å². The lowest BCUT2D eigenvalue weighted by atomic mass is 10.2. The fraction of sp³-hybridized carbons (Fsp3) is 0.0952. The van der Waals surface area contributed by atoms with Crippen molar-refractivity contribution in [2.24, 2.45) is 0 Å². The first kappa shape index (κ1) is 17.8. The van der Waals surface area contributed by atoms with Gasteiger partial charge in [0.1, 0.15) is 11.5 Å². The van der Waals surface area contributed by atoms with E-state index in [0.29, 0.717) is 5.02 Å². The molecule has 0 saturated carbocycles. The van der Waals surface area contributed by atoms with Crippen LogP contribution >= 0.6 is 11.6 Å². The van der Waals surface area contributed by atoms with Crippen LogP contribution in [0.3, 0.4) is 0 Å². The number of carbonyl (C=O) groups is 1. The van der Waals surface area contributed by atoms with Gasteiger partial charge < -0.3 is 15.4 Å². The molecule has 3 rings (SSSR count). The normalized spacial score (nSPS) is 10.2. The molecule has 2 N–H and O–H groups in total. The number of ether oxygens (including phenoxy) is 1. The Morgan fingerprint density at radius 1 is 0.962 bits per heavy atom. The van der Waals surface area contributed by atoms with Gasteiger partial charge in [0.25, 0.3) is 0 Å². The van der Waals surface area contributed by atoms with Crippen molar-refractivity contribution in [3.05, 3.63) is 83.4 Å². The van der Waals surface area contributed by atoms with E-state index in [0.717, 1.165) is 28.4 Å². The molecule has 0 radical (unpaired) electrons. The summed E-state index contributed by atoms with van der Waals surface area (Å²) < 4.78 is 5.74. The average molecular weight is 367 g/mol. The molecular weight excluding hydrogens is 348 g/mol. The third-order valence-electron chi connectivity index (χ3n) is 3.75.